The molecule has 0 fully saturated rings. The molecule has 2 heteroatoms. The van der Waals surface area contributed by atoms with E-state index in [9.17, 15) is 0 Å². The van der Waals surface area contributed by atoms with Crippen molar-refractivity contribution in [3.8, 4) is 16.8 Å². The van der Waals surface area contributed by atoms with Gasteiger partial charge < -0.3 is 4.57 Å². The van der Waals surface area contributed by atoms with E-state index in [0.29, 0.717) is 0 Å². The number of fused-ring (bicyclic) bond motifs is 10. The van der Waals surface area contributed by atoms with Crippen LogP contribution >= 0.6 is 11.3 Å². The lowest BCUT2D eigenvalue weighted by atomic mass is 9.94. The maximum Gasteiger partial charge on any atom is 0.0553 e. The Balaban J connectivity index is 1.51. The van der Waals surface area contributed by atoms with Crippen LogP contribution in [0, 0.1) is 0 Å². The van der Waals surface area contributed by atoms with E-state index in [1.165, 1.54) is 80.3 Å². The van der Waals surface area contributed by atoms with Crippen molar-refractivity contribution < 1.29 is 0 Å². The normalized spacial score (nSPS) is 12.0. The summed E-state index contributed by atoms with van der Waals surface area (Å²) in [6, 6.07) is 51.2. The summed E-state index contributed by atoms with van der Waals surface area (Å²) in [7, 11) is 0. The van der Waals surface area contributed by atoms with Crippen molar-refractivity contribution in [1.29, 1.82) is 0 Å². The van der Waals surface area contributed by atoms with Crippen molar-refractivity contribution in [2.24, 2.45) is 0 Å². The first-order valence-corrected chi connectivity index (χ1v) is 14.5. The van der Waals surface area contributed by atoms with Gasteiger partial charge in [-0.2, -0.15) is 0 Å². The van der Waals surface area contributed by atoms with Gasteiger partial charge in [-0.15, -0.1) is 11.3 Å². The van der Waals surface area contributed by atoms with Crippen molar-refractivity contribution in [2.75, 3.05) is 0 Å². The summed E-state index contributed by atoms with van der Waals surface area (Å²) >= 11 is 1.87. The number of aromatic nitrogens is 1. The average Bonchev–Trinajstić information content (AvgIpc) is 3.56. The van der Waals surface area contributed by atoms with E-state index >= 15 is 0 Å². The number of hydrogen-bond acceptors (Lipinski definition) is 1. The maximum absolute atomic E-state index is 2.49. The van der Waals surface area contributed by atoms with Gasteiger partial charge in [-0.05, 0) is 69.1 Å². The van der Waals surface area contributed by atoms with Gasteiger partial charge in [-0.25, -0.2) is 0 Å². The number of nitrogens with zero attached hydrogens (tertiary/aromatic N) is 1. The summed E-state index contributed by atoms with van der Waals surface area (Å²) in [6.07, 6.45) is 0. The Morgan fingerprint density at radius 3 is 1.98 bits per heavy atom. The molecule has 186 valence electrons. The highest BCUT2D eigenvalue weighted by Gasteiger charge is 2.20. The second kappa shape index (κ2) is 8.29. The average molecular weight is 526 g/mol. The lowest BCUT2D eigenvalue weighted by Gasteiger charge is -2.12. The third-order valence-electron chi connectivity index (χ3n) is 8.37. The molecule has 0 aliphatic rings. The van der Waals surface area contributed by atoms with Crippen LogP contribution in [0.1, 0.15) is 0 Å². The topological polar surface area (TPSA) is 4.93 Å². The highest BCUT2D eigenvalue weighted by molar-refractivity contribution is 7.25. The van der Waals surface area contributed by atoms with E-state index in [1.54, 1.807) is 0 Å². The van der Waals surface area contributed by atoms with Crippen LogP contribution in [0.15, 0.2) is 140 Å². The van der Waals surface area contributed by atoms with E-state index in [4.69, 9.17) is 0 Å². The third-order valence-corrected chi connectivity index (χ3v) is 9.52. The van der Waals surface area contributed by atoms with Crippen LogP contribution in [0.5, 0.6) is 0 Å². The molecule has 0 bridgehead atoms. The lowest BCUT2D eigenvalue weighted by Crippen LogP contribution is -1.94. The Bertz CT molecular complexity index is 2420. The van der Waals surface area contributed by atoms with Gasteiger partial charge in [0, 0.05) is 36.6 Å². The van der Waals surface area contributed by atoms with Crippen molar-refractivity contribution in [1.82, 2.24) is 4.57 Å². The Labute approximate surface area is 235 Å². The summed E-state index contributed by atoms with van der Waals surface area (Å²) < 4.78 is 5.15. The van der Waals surface area contributed by atoms with Gasteiger partial charge in [0.2, 0.25) is 0 Å². The number of hydrogen-bond donors (Lipinski definition) is 0. The number of thiophene rings is 1. The van der Waals surface area contributed by atoms with Crippen molar-refractivity contribution >= 4 is 74.9 Å². The van der Waals surface area contributed by atoms with Crippen LogP contribution in [0.4, 0.5) is 0 Å². The summed E-state index contributed by atoms with van der Waals surface area (Å²) in [6.45, 7) is 0. The minimum Gasteiger partial charge on any atom is -0.309 e. The summed E-state index contributed by atoms with van der Waals surface area (Å²) in [4.78, 5) is 0. The molecule has 0 saturated heterocycles. The van der Waals surface area contributed by atoms with Gasteiger partial charge in [0.1, 0.15) is 0 Å². The molecule has 40 heavy (non-hydrogen) atoms. The fourth-order valence-corrected chi connectivity index (χ4v) is 7.71. The third kappa shape index (κ3) is 3.03. The van der Waals surface area contributed by atoms with E-state index < -0.39 is 0 Å². The summed E-state index contributed by atoms with van der Waals surface area (Å²) in [5.41, 5.74) is 6.17. The van der Waals surface area contributed by atoms with Crippen molar-refractivity contribution in [3.05, 3.63) is 140 Å². The highest BCUT2D eigenvalue weighted by atomic mass is 32.1. The smallest absolute Gasteiger partial charge is 0.0553 e. The predicted octanol–water partition coefficient (Wildman–Crippen LogP) is 11.1. The van der Waals surface area contributed by atoms with Crippen LogP contribution in [-0.2, 0) is 0 Å². The van der Waals surface area contributed by atoms with Crippen LogP contribution in [-0.4, -0.2) is 4.57 Å². The first kappa shape index (κ1) is 22.0. The first-order valence-electron chi connectivity index (χ1n) is 13.7. The SMILES string of the molecule is c1ccc(-c2cc3c(c4ccccc24)c2c4ccccc4ccc2n3-c2ccc3sc4ccccc4c3c2)cc1. The molecule has 1 nitrogen and oxygen atoms in total. The summed E-state index contributed by atoms with van der Waals surface area (Å²) in [5, 5.41) is 10.4. The molecule has 7 aromatic carbocycles. The molecule has 2 heterocycles. The predicted molar refractivity (Wildman–Crippen MR) is 174 cm³/mol. The highest BCUT2D eigenvalue weighted by Crippen LogP contribution is 2.44. The van der Waals surface area contributed by atoms with Gasteiger partial charge >= 0.3 is 0 Å². The fourth-order valence-electron chi connectivity index (χ4n) is 6.63. The molecular weight excluding hydrogens is 502 g/mol. The molecule has 0 spiro atoms. The monoisotopic (exact) mass is 525 g/mol. The van der Waals surface area contributed by atoms with Crippen molar-refractivity contribution in [2.45, 2.75) is 0 Å². The second-order valence-electron chi connectivity index (χ2n) is 10.5. The minimum absolute atomic E-state index is 1.20. The second-order valence-corrected chi connectivity index (χ2v) is 11.6. The molecule has 0 aliphatic carbocycles. The van der Waals surface area contributed by atoms with Gasteiger partial charge in [-0.3, -0.25) is 0 Å². The Kier molecular flexibility index (Phi) is 4.55. The molecule has 0 atom stereocenters. The molecular formula is C38H23NS. The van der Waals surface area contributed by atoms with Crippen LogP contribution in [0.25, 0.3) is 80.3 Å². The molecule has 2 aromatic heterocycles. The fraction of sp³-hybridized carbons (Fsp3) is 0. The zero-order chi connectivity index (χ0) is 26.2. The zero-order valence-electron chi connectivity index (χ0n) is 21.6. The lowest BCUT2D eigenvalue weighted by molar-refractivity contribution is 1.19. The summed E-state index contributed by atoms with van der Waals surface area (Å²) in [5.74, 6) is 0. The largest absolute Gasteiger partial charge is 0.309 e. The molecule has 0 amide bonds. The maximum atomic E-state index is 2.49. The van der Waals surface area contributed by atoms with Crippen LogP contribution in [0.2, 0.25) is 0 Å². The molecule has 0 radical (unpaired) electrons. The standard InChI is InChI=1S/C38H23NS/c1-2-10-24(11-3-1)31-23-34-38(30-16-7-6-14-28(30)31)37-27-13-5-4-12-25(27)18-20-33(37)39(34)26-19-21-36-32(22-26)29-15-8-9-17-35(29)40-36/h1-23H. The molecule has 0 saturated carbocycles. The Morgan fingerprint density at radius 2 is 1.10 bits per heavy atom. The van der Waals surface area contributed by atoms with Gasteiger partial charge in [-0.1, -0.05) is 103 Å². The van der Waals surface area contributed by atoms with E-state index in [-0.39, 0.29) is 0 Å². The Hall–Kier alpha value is -4.92. The van der Waals surface area contributed by atoms with Gasteiger partial charge in [0.15, 0.2) is 0 Å². The van der Waals surface area contributed by atoms with E-state index in [2.05, 4.69) is 144 Å². The molecule has 0 aliphatic heterocycles. The van der Waals surface area contributed by atoms with Gasteiger partial charge in [0.25, 0.3) is 0 Å². The van der Waals surface area contributed by atoms with Crippen molar-refractivity contribution in [3.63, 3.8) is 0 Å². The van der Waals surface area contributed by atoms with Crippen LogP contribution in [0.3, 0.4) is 0 Å². The van der Waals surface area contributed by atoms with E-state index in [0.717, 1.165) is 0 Å². The molecule has 0 N–H and O–H groups in total. The van der Waals surface area contributed by atoms with Gasteiger partial charge in [0.05, 0.1) is 11.0 Å². The first-order chi connectivity index (χ1) is 19.8. The molecule has 0 unspecified atom stereocenters. The number of rotatable bonds is 2. The minimum atomic E-state index is 1.20. The quantitative estimate of drug-likeness (QED) is 0.211. The van der Waals surface area contributed by atoms with E-state index in [1.807, 2.05) is 11.3 Å². The van der Waals surface area contributed by atoms with Crippen LogP contribution < -0.4 is 0 Å². The molecule has 9 aromatic rings. The Morgan fingerprint density at radius 1 is 0.425 bits per heavy atom. The molecule has 9 rings (SSSR count). The number of benzene rings is 7. The zero-order valence-corrected chi connectivity index (χ0v) is 22.5.